The lowest BCUT2D eigenvalue weighted by atomic mass is 10.1. The second-order valence-corrected chi connectivity index (χ2v) is 4.54. The lowest BCUT2D eigenvalue weighted by molar-refractivity contribution is 0.171. The maximum absolute atomic E-state index is 6.13. The number of nitrogens with two attached hydrogens (primary N) is 1. The molecule has 1 aliphatic rings. The van der Waals surface area contributed by atoms with Crippen LogP contribution in [0.5, 0.6) is 11.5 Å². The average Bonchev–Trinajstić information content (AvgIpc) is 2.75. The van der Waals surface area contributed by atoms with Crippen molar-refractivity contribution in [3.8, 4) is 35.1 Å². The molecule has 0 radical (unpaired) electrons. The minimum Gasteiger partial charge on any atom is -0.486 e. The first-order valence-corrected chi connectivity index (χ1v) is 6.37. The zero-order valence-corrected chi connectivity index (χ0v) is 11.2. The van der Waals surface area contributed by atoms with Gasteiger partial charge < -0.3 is 19.8 Å². The molecule has 5 nitrogen and oxygen atoms in total. The number of hydrogen-bond acceptors (Lipinski definition) is 4. The molecule has 0 spiro atoms. The number of aryl methyl sites for hydroxylation is 1. The van der Waals surface area contributed by atoms with E-state index >= 15 is 0 Å². The Morgan fingerprint density at radius 1 is 1.35 bits per heavy atom. The number of anilines is 1. The van der Waals surface area contributed by atoms with Gasteiger partial charge in [0.1, 0.15) is 30.5 Å². The van der Waals surface area contributed by atoms with E-state index in [4.69, 9.17) is 21.6 Å². The molecular formula is C15H15N3O2. The molecule has 0 fully saturated rings. The van der Waals surface area contributed by atoms with Crippen molar-refractivity contribution in [2.75, 3.05) is 18.9 Å². The van der Waals surface area contributed by atoms with Gasteiger partial charge in [0.25, 0.3) is 0 Å². The van der Waals surface area contributed by atoms with Crippen LogP contribution in [0.3, 0.4) is 0 Å². The summed E-state index contributed by atoms with van der Waals surface area (Å²) in [5, 5.41) is 0. The van der Waals surface area contributed by atoms with Gasteiger partial charge in [-0.25, -0.2) is 4.98 Å². The molecule has 0 saturated carbocycles. The Bertz CT molecular complexity index is 698. The van der Waals surface area contributed by atoms with Gasteiger partial charge in [0.15, 0.2) is 11.5 Å². The molecule has 3 rings (SSSR count). The van der Waals surface area contributed by atoms with Crippen molar-refractivity contribution < 1.29 is 9.47 Å². The van der Waals surface area contributed by atoms with Crippen LogP contribution in [0.1, 0.15) is 5.82 Å². The van der Waals surface area contributed by atoms with Gasteiger partial charge in [0.05, 0.1) is 6.54 Å². The summed E-state index contributed by atoms with van der Waals surface area (Å²) >= 11 is 0. The highest BCUT2D eigenvalue weighted by atomic mass is 16.6. The number of aromatic nitrogens is 2. The van der Waals surface area contributed by atoms with E-state index in [0.717, 1.165) is 28.6 Å². The summed E-state index contributed by atoms with van der Waals surface area (Å²) in [6.45, 7) is 3.42. The van der Waals surface area contributed by atoms with E-state index in [2.05, 4.69) is 10.9 Å². The third kappa shape index (κ3) is 1.95. The highest BCUT2D eigenvalue weighted by Gasteiger charge is 2.17. The van der Waals surface area contributed by atoms with Crippen LogP contribution in [0.25, 0.3) is 11.3 Å². The molecule has 1 aromatic heterocycles. The van der Waals surface area contributed by atoms with E-state index in [1.165, 1.54) is 0 Å². The number of ether oxygens (including phenoxy) is 2. The minimum absolute atomic E-state index is 0.412. The van der Waals surface area contributed by atoms with Crippen LogP contribution < -0.4 is 15.2 Å². The maximum atomic E-state index is 6.13. The van der Waals surface area contributed by atoms with E-state index in [9.17, 15) is 0 Å². The Kier molecular flexibility index (Phi) is 2.99. The van der Waals surface area contributed by atoms with Crippen LogP contribution >= 0.6 is 0 Å². The molecule has 0 aliphatic carbocycles. The molecule has 20 heavy (non-hydrogen) atoms. The number of hydrogen-bond donors (Lipinski definition) is 1. The topological polar surface area (TPSA) is 62.3 Å². The fourth-order valence-electron chi connectivity index (χ4n) is 2.28. The first-order valence-electron chi connectivity index (χ1n) is 6.37. The molecule has 102 valence electrons. The van der Waals surface area contributed by atoms with Crippen molar-refractivity contribution in [1.82, 2.24) is 9.55 Å². The summed E-state index contributed by atoms with van der Waals surface area (Å²) in [7, 11) is 0. The summed E-state index contributed by atoms with van der Waals surface area (Å²) in [5.74, 6) is 5.41. The molecule has 0 atom stereocenters. The Morgan fingerprint density at radius 2 is 2.10 bits per heavy atom. The molecule has 2 N–H and O–H groups in total. The third-order valence-corrected chi connectivity index (χ3v) is 3.26. The standard InChI is InChI=1S/C15H15N3O2/c1-3-6-18-10(2)17-14(15(18)16)11-4-5-12-13(9-11)20-8-7-19-12/h1,4-5,9H,6-8,16H2,2H3. The first-order chi connectivity index (χ1) is 9.70. The summed E-state index contributed by atoms with van der Waals surface area (Å²) in [6, 6.07) is 5.69. The normalized spacial score (nSPS) is 13.0. The molecule has 2 heterocycles. The molecule has 5 heteroatoms. The quantitative estimate of drug-likeness (QED) is 0.845. The summed E-state index contributed by atoms with van der Waals surface area (Å²) in [4.78, 5) is 4.49. The van der Waals surface area contributed by atoms with Crippen molar-refractivity contribution in [2.24, 2.45) is 0 Å². The lowest BCUT2D eigenvalue weighted by Crippen LogP contribution is -2.15. The smallest absolute Gasteiger partial charge is 0.162 e. The summed E-state index contributed by atoms with van der Waals surface area (Å²) in [5.41, 5.74) is 7.74. The van der Waals surface area contributed by atoms with Crippen LogP contribution in [-0.2, 0) is 6.54 Å². The summed E-state index contributed by atoms with van der Waals surface area (Å²) < 4.78 is 12.9. The summed E-state index contributed by atoms with van der Waals surface area (Å²) in [6.07, 6.45) is 5.35. The van der Waals surface area contributed by atoms with Gasteiger partial charge in [0, 0.05) is 5.56 Å². The SMILES string of the molecule is C#CCn1c(C)nc(-c2ccc3c(c2)OCCO3)c1N. The maximum Gasteiger partial charge on any atom is 0.162 e. The van der Waals surface area contributed by atoms with Crippen molar-refractivity contribution in [3.63, 3.8) is 0 Å². The van der Waals surface area contributed by atoms with Gasteiger partial charge in [0.2, 0.25) is 0 Å². The molecule has 1 aliphatic heterocycles. The average molecular weight is 269 g/mol. The van der Waals surface area contributed by atoms with Crippen LogP contribution in [0.15, 0.2) is 18.2 Å². The molecule has 0 amide bonds. The van der Waals surface area contributed by atoms with Crippen LogP contribution in [0.2, 0.25) is 0 Å². The minimum atomic E-state index is 0.412. The van der Waals surface area contributed by atoms with Crippen molar-refractivity contribution in [2.45, 2.75) is 13.5 Å². The molecule has 0 bridgehead atoms. The predicted octanol–water partition coefficient (Wildman–Crippen LogP) is 1.85. The van der Waals surface area contributed by atoms with Crippen molar-refractivity contribution >= 4 is 5.82 Å². The van der Waals surface area contributed by atoms with Gasteiger partial charge in [-0.3, -0.25) is 0 Å². The van der Waals surface area contributed by atoms with E-state index in [-0.39, 0.29) is 0 Å². The zero-order chi connectivity index (χ0) is 14.1. The van der Waals surface area contributed by atoms with Crippen LogP contribution in [-0.4, -0.2) is 22.8 Å². The van der Waals surface area contributed by atoms with E-state index in [1.807, 2.05) is 29.7 Å². The molecule has 0 saturated heterocycles. The number of nitrogen functional groups attached to an aromatic ring is 1. The number of fused-ring (bicyclic) bond motifs is 1. The first kappa shape index (κ1) is 12.4. The Balaban J connectivity index is 2.05. The van der Waals surface area contributed by atoms with Gasteiger partial charge in [-0.15, -0.1) is 6.42 Å². The number of terminal acetylenes is 1. The third-order valence-electron chi connectivity index (χ3n) is 3.26. The van der Waals surface area contributed by atoms with Gasteiger partial charge in [-0.1, -0.05) is 5.92 Å². The van der Waals surface area contributed by atoms with Crippen LogP contribution in [0, 0.1) is 19.3 Å². The van der Waals surface area contributed by atoms with E-state index < -0.39 is 0 Å². The number of benzene rings is 1. The Hall–Kier alpha value is -2.61. The predicted molar refractivity (Wildman–Crippen MR) is 76.6 cm³/mol. The Morgan fingerprint density at radius 3 is 2.85 bits per heavy atom. The largest absolute Gasteiger partial charge is 0.486 e. The monoisotopic (exact) mass is 269 g/mol. The number of imidazole rings is 1. The fourth-order valence-corrected chi connectivity index (χ4v) is 2.28. The lowest BCUT2D eigenvalue weighted by Gasteiger charge is -2.18. The molecule has 2 aromatic rings. The highest BCUT2D eigenvalue weighted by molar-refractivity contribution is 5.73. The molecule has 0 unspecified atom stereocenters. The second kappa shape index (κ2) is 4.82. The van der Waals surface area contributed by atoms with Crippen molar-refractivity contribution in [3.05, 3.63) is 24.0 Å². The van der Waals surface area contributed by atoms with E-state index in [0.29, 0.717) is 25.6 Å². The van der Waals surface area contributed by atoms with E-state index in [1.54, 1.807) is 0 Å². The van der Waals surface area contributed by atoms with Gasteiger partial charge in [-0.05, 0) is 25.1 Å². The second-order valence-electron chi connectivity index (χ2n) is 4.54. The highest BCUT2D eigenvalue weighted by Crippen LogP contribution is 2.36. The van der Waals surface area contributed by atoms with Gasteiger partial charge in [-0.2, -0.15) is 0 Å². The molecule has 1 aromatic carbocycles. The Labute approximate surface area is 117 Å². The molecular weight excluding hydrogens is 254 g/mol. The van der Waals surface area contributed by atoms with Gasteiger partial charge >= 0.3 is 0 Å². The number of nitrogens with zero attached hydrogens (tertiary/aromatic N) is 2. The fraction of sp³-hybridized carbons (Fsp3) is 0.267. The van der Waals surface area contributed by atoms with Crippen LogP contribution in [0.4, 0.5) is 5.82 Å². The number of rotatable bonds is 2. The zero-order valence-electron chi connectivity index (χ0n) is 11.2. The van der Waals surface area contributed by atoms with Crippen molar-refractivity contribution in [1.29, 1.82) is 0 Å².